The second-order valence-electron chi connectivity index (χ2n) is 7.02. The van der Waals surface area contributed by atoms with Gasteiger partial charge in [0, 0.05) is 11.3 Å². The topological polar surface area (TPSA) is 68.5 Å². The van der Waals surface area contributed by atoms with Crippen molar-refractivity contribution < 1.29 is 19.4 Å². The average molecular weight is 351 g/mol. The molecule has 4 rings (SSSR count). The molecule has 2 aliphatic rings. The molecule has 0 radical (unpaired) electrons. The molecule has 5 heteroatoms. The highest BCUT2D eigenvalue weighted by molar-refractivity contribution is 6.26. The highest BCUT2D eigenvalue weighted by Crippen LogP contribution is 2.49. The second kappa shape index (κ2) is 5.87. The van der Waals surface area contributed by atoms with Gasteiger partial charge in [0.25, 0.3) is 0 Å². The maximum atomic E-state index is 12.9. The van der Waals surface area contributed by atoms with E-state index in [1.807, 2.05) is 34.9 Å². The third kappa shape index (κ3) is 2.16. The number of hydrogen-bond donors (Lipinski definition) is 1. The maximum Gasteiger partial charge on any atom is 0.216 e. The van der Waals surface area contributed by atoms with Crippen molar-refractivity contribution in [3.05, 3.63) is 53.4 Å². The number of allylic oxidation sites excluding steroid dienone is 2. The number of hydrogen-bond acceptors (Lipinski definition) is 4. The van der Waals surface area contributed by atoms with Crippen molar-refractivity contribution in [3.8, 4) is 17.0 Å². The van der Waals surface area contributed by atoms with Gasteiger partial charge in [-0.1, -0.05) is 25.0 Å². The average Bonchev–Trinajstić information content (AvgIpc) is 3.28. The number of rotatable bonds is 3. The lowest BCUT2D eigenvalue weighted by Gasteiger charge is -2.38. The number of aliphatic hydroxyl groups is 1. The molecule has 2 heterocycles. The van der Waals surface area contributed by atoms with Crippen molar-refractivity contribution in [2.45, 2.75) is 38.1 Å². The van der Waals surface area contributed by atoms with E-state index in [0.29, 0.717) is 18.5 Å². The van der Waals surface area contributed by atoms with Crippen LogP contribution in [0.1, 0.15) is 43.1 Å². The van der Waals surface area contributed by atoms with Crippen molar-refractivity contribution in [1.82, 2.24) is 4.57 Å². The summed E-state index contributed by atoms with van der Waals surface area (Å²) in [5.74, 6) is -0.124. The van der Waals surface area contributed by atoms with Gasteiger partial charge in [-0.25, -0.2) is 0 Å². The fourth-order valence-corrected chi connectivity index (χ4v) is 4.40. The summed E-state index contributed by atoms with van der Waals surface area (Å²) in [4.78, 5) is 25.0. The van der Waals surface area contributed by atoms with E-state index in [9.17, 15) is 14.7 Å². The Bertz CT molecular complexity index is 945. The molecule has 1 aliphatic heterocycles. The van der Waals surface area contributed by atoms with Crippen molar-refractivity contribution in [2.75, 3.05) is 7.11 Å². The lowest BCUT2D eigenvalue weighted by atomic mass is 9.84. The number of aliphatic hydroxyl groups excluding tert-OH is 1. The van der Waals surface area contributed by atoms with E-state index in [2.05, 4.69) is 0 Å². The molecule has 1 aromatic carbocycles. The number of ketones is 2. The Balaban J connectivity index is 1.99. The zero-order valence-corrected chi connectivity index (χ0v) is 14.9. The summed E-state index contributed by atoms with van der Waals surface area (Å²) in [5.41, 5.74) is 1.45. The number of aromatic nitrogens is 1. The van der Waals surface area contributed by atoms with Crippen LogP contribution in [0.4, 0.5) is 0 Å². The largest absolute Gasteiger partial charge is 0.509 e. The van der Waals surface area contributed by atoms with Crippen LogP contribution in [-0.2, 0) is 10.3 Å². The van der Waals surface area contributed by atoms with E-state index in [-0.39, 0.29) is 17.1 Å². The zero-order chi connectivity index (χ0) is 18.5. The molecule has 0 saturated heterocycles. The standard InChI is InChI=1S/C21H21NO4/c1-13(23)18-19(24)17-9-8-16(14-6-5-7-15(12-14)26-2)22(17)21(20(18)25)10-3-4-11-21/h5-9,12,25H,3-4,10-11H2,1-2H3. The third-order valence-corrected chi connectivity index (χ3v) is 5.59. The SMILES string of the molecule is COc1cccc(-c2ccc3n2C2(CCCC2)C(O)=C(C(C)=O)C3=O)c1. The van der Waals surface area contributed by atoms with Crippen LogP contribution in [0.3, 0.4) is 0 Å². The molecule has 1 spiro atoms. The van der Waals surface area contributed by atoms with Gasteiger partial charge in [-0.15, -0.1) is 0 Å². The number of nitrogens with zero attached hydrogens (tertiary/aromatic N) is 1. The van der Waals surface area contributed by atoms with E-state index >= 15 is 0 Å². The molecule has 1 saturated carbocycles. The third-order valence-electron chi connectivity index (χ3n) is 5.59. The number of benzene rings is 1. The van der Waals surface area contributed by atoms with Crippen LogP contribution in [0.25, 0.3) is 11.3 Å². The number of Topliss-reactive ketones (excluding diaryl/α,β-unsaturated/α-hetero) is 2. The van der Waals surface area contributed by atoms with Gasteiger partial charge in [-0.2, -0.15) is 0 Å². The fourth-order valence-electron chi connectivity index (χ4n) is 4.40. The van der Waals surface area contributed by atoms with Gasteiger partial charge in [0.1, 0.15) is 22.6 Å². The number of fused-ring (bicyclic) bond motifs is 2. The van der Waals surface area contributed by atoms with Crippen LogP contribution in [0.15, 0.2) is 47.7 Å². The molecule has 0 atom stereocenters. The minimum absolute atomic E-state index is 0.0605. The Morgan fingerprint density at radius 3 is 2.50 bits per heavy atom. The predicted octanol–water partition coefficient (Wildman–Crippen LogP) is 4.03. The van der Waals surface area contributed by atoms with Crippen LogP contribution < -0.4 is 4.74 Å². The van der Waals surface area contributed by atoms with Crippen LogP contribution in [-0.4, -0.2) is 28.3 Å². The number of carbonyl (C=O) groups is 2. The number of ether oxygens (including phenoxy) is 1. The molecule has 1 aliphatic carbocycles. The molecule has 0 unspecified atom stereocenters. The lowest BCUT2D eigenvalue weighted by Crippen LogP contribution is -2.42. The van der Waals surface area contributed by atoms with E-state index in [1.165, 1.54) is 6.92 Å². The number of methoxy groups -OCH3 is 1. The van der Waals surface area contributed by atoms with E-state index in [1.54, 1.807) is 13.2 Å². The summed E-state index contributed by atoms with van der Waals surface area (Å²) < 4.78 is 7.27. The molecule has 2 aromatic rings. The van der Waals surface area contributed by atoms with Gasteiger partial charge in [-0.3, -0.25) is 9.59 Å². The Kier molecular flexibility index (Phi) is 3.75. The van der Waals surface area contributed by atoms with E-state index < -0.39 is 11.3 Å². The molecule has 0 bridgehead atoms. The quantitative estimate of drug-likeness (QED) is 0.848. The maximum absolute atomic E-state index is 12.9. The molecular formula is C21H21NO4. The van der Waals surface area contributed by atoms with Crippen LogP contribution in [0.2, 0.25) is 0 Å². The highest BCUT2D eigenvalue weighted by Gasteiger charge is 2.49. The van der Waals surface area contributed by atoms with E-state index in [0.717, 1.165) is 29.8 Å². The van der Waals surface area contributed by atoms with Crippen molar-refractivity contribution in [3.63, 3.8) is 0 Å². The molecule has 26 heavy (non-hydrogen) atoms. The first-order chi connectivity index (χ1) is 12.5. The summed E-state index contributed by atoms with van der Waals surface area (Å²) in [6, 6.07) is 11.3. The molecule has 134 valence electrons. The van der Waals surface area contributed by atoms with Gasteiger partial charge in [-0.05, 0) is 44.0 Å². The van der Waals surface area contributed by atoms with Gasteiger partial charge < -0.3 is 14.4 Å². The molecule has 0 amide bonds. The first-order valence-electron chi connectivity index (χ1n) is 8.85. The van der Waals surface area contributed by atoms with Crippen LogP contribution in [0.5, 0.6) is 5.75 Å². The Morgan fingerprint density at radius 1 is 1.15 bits per heavy atom. The fraction of sp³-hybridized carbons (Fsp3) is 0.333. The molecular weight excluding hydrogens is 330 g/mol. The van der Waals surface area contributed by atoms with Crippen LogP contribution in [0, 0.1) is 0 Å². The molecule has 1 fully saturated rings. The first-order valence-corrected chi connectivity index (χ1v) is 8.85. The lowest BCUT2D eigenvalue weighted by molar-refractivity contribution is -0.113. The summed E-state index contributed by atoms with van der Waals surface area (Å²) in [5, 5.41) is 11.0. The Morgan fingerprint density at radius 2 is 1.85 bits per heavy atom. The molecule has 5 nitrogen and oxygen atoms in total. The van der Waals surface area contributed by atoms with Gasteiger partial charge in [0.15, 0.2) is 5.78 Å². The smallest absolute Gasteiger partial charge is 0.216 e. The zero-order valence-electron chi connectivity index (χ0n) is 14.9. The monoisotopic (exact) mass is 351 g/mol. The first kappa shape index (κ1) is 16.6. The van der Waals surface area contributed by atoms with Gasteiger partial charge in [0.2, 0.25) is 5.78 Å². The van der Waals surface area contributed by atoms with Gasteiger partial charge in [0.05, 0.1) is 12.8 Å². The summed E-state index contributed by atoms with van der Waals surface area (Å²) in [7, 11) is 1.61. The minimum Gasteiger partial charge on any atom is -0.509 e. The molecule has 1 aromatic heterocycles. The normalized spacial score (nSPS) is 18.3. The summed E-state index contributed by atoms with van der Waals surface area (Å²) in [6.07, 6.45) is 3.31. The minimum atomic E-state index is -0.716. The predicted molar refractivity (Wildman–Crippen MR) is 97.5 cm³/mol. The Hall–Kier alpha value is -2.82. The van der Waals surface area contributed by atoms with Gasteiger partial charge >= 0.3 is 0 Å². The molecule has 1 N–H and O–H groups in total. The number of carbonyl (C=O) groups excluding carboxylic acids is 2. The highest BCUT2D eigenvalue weighted by atomic mass is 16.5. The van der Waals surface area contributed by atoms with Crippen molar-refractivity contribution in [2.24, 2.45) is 0 Å². The Labute approximate surface area is 151 Å². The summed E-state index contributed by atoms with van der Waals surface area (Å²) in [6.45, 7) is 1.34. The second-order valence-corrected chi connectivity index (χ2v) is 7.02. The van der Waals surface area contributed by atoms with Crippen molar-refractivity contribution in [1.29, 1.82) is 0 Å². The van der Waals surface area contributed by atoms with Crippen molar-refractivity contribution >= 4 is 11.6 Å². The van der Waals surface area contributed by atoms with Crippen LogP contribution >= 0.6 is 0 Å². The van der Waals surface area contributed by atoms with E-state index in [4.69, 9.17) is 4.74 Å². The summed E-state index contributed by atoms with van der Waals surface area (Å²) >= 11 is 0.